The molecular formula is C14H18ClNO2. The highest BCUT2D eigenvalue weighted by atomic mass is 35.5. The number of halogens is 1. The minimum atomic E-state index is 0.165. The fourth-order valence-electron chi connectivity index (χ4n) is 2.94. The first-order chi connectivity index (χ1) is 8.79. The molecular weight excluding hydrogens is 250 g/mol. The van der Waals surface area contributed by atoms with E-state index in [1.807, 2.05) is 19.2 Å². The molecule has 2 unspecified atom stereocenters. The molecule has 0 aromatic heterocycles. The second-order valence-electron chi connectivity index (χ2n) is 4.90. The van der Waals surface area contributed by atoms with Crippen LogP contribution in [0, 0.1) is 0 Å². The largest absolute Gasteiger partial charge is 0.493 e. The van der Waals surface area contributed by atoms with Gasteiger partial charge in [-0.25, -0.2) is 0 Å². The number of hydrogen-bond donors (Lipinski definition) is 1. The zero-order chi connectivity index (χ0) is 12.5. The Morgan fingerprint density at radius 2 is 2.28 bits per heavy atom. The summed E-state index contributed by atoms with van der Waals surface area (Å²) >= 11 is 6.21. The van der Waals surface area contributed by atoms with Gasteiger partial charge >= 0.3 is 0 Å². The summed E-state index contributed by atoms with van der Waals surface area (Å²) in [6.07, 6.45) is 3.39. The van der Waals surface area contributed by atoms with Gasteiger partial charge < -0.3 is 14.8 Å². The fraction of sp³-hybridized carbons (Fsp3) is 0.571. The highest BCUT2D eigenvalue weighted by Crippen LogP contribution is 2.39. The van der Waals surface area contributed by atoms with Gasteiger partial charge in [0.1, 0.15) is 5.75 Å². The number of rotatable bonds is 3. The molecule has 1 aromatic carbocycles. The molecule has 0 radical (unpaired) electrons. The number of nitrogens with one attached hydrogen (secondary N) is 1. The standard InChI is InChI=1S/C14H18ClNO2/c1-16-13(12-3-2-5-17-12)11-8-10(15)7-9-4-6-18-14(9)11/h7-8,12-13,16H,2-6H2,1H3. The normalized spacial score (nSPS) is 23.8. The maximum absolute atomic E-state index is 6.21. The van der Waals surface area contributed by atoms with Gasteiger partial charge in [-0.3, -0.25) is 0 Å². The van der Waals surface area contributed by atoms with Crippen molar-refractivity contribution in [1.82, 2.24) is 5.32 Å². The quantitative estimate of drug-likeness (QED) is 0.913. The topological polar surface area (TPSA) is 30.5 Å². The summed E-state index contributed by atoms with van der Waals surface area (Å²) in [6.45, 7) is 1.61. The highest BCUT2D eigenvalue weighted by Gasteiger charge is 2.30. The van der Waals surface area contributed by atoms with E-state index in [0.29, 0.717) is 0 Å². The molecule has 4 heteroatoms. The van der Waals surface area contributed by atoms with Crippen LogP contribution in [-0.4, -0.2) is 26.4 Å². The van der Waals surface area contributed by atoms with Crippen LogP contribution >= 0.6 is 11.6 Å². The van der Waals surface area contributed by atoms with Crippen LogP contribution in [0.4, 0.5) is 0 Å². The maximum atomic E-state index is 6.21. The molecule has 2 atom stereocenters. The van der Waals surface area contributed by atoms with Crippen molar-refractivity contribution in [3.05, 3.63) is 28.3 Å². The summed E-state index contributed by atoms with van der Waals surface area (Å²) in [7, 11) is 1.97. The van der Waals surface area contributed by atoms with Crippen molar-refractivity contribution in [1.29, 1.82) is 0 Å². The lowest BCUT2D eigenvalue weighted by atomic mass is 9.96. The third-order valence-electron chi connectivity index (χ3n) is 3.76. The van der Waals surface area contributed by atoms with E-state index in [2.05, 4.69) is 5.32 Å². The van der Waals surface area contributed by atoms with Gasteiger partial charge in [-0.2, -0.15) is 0 Å². The van der Waals surface area contributed by atoms with E-state index in [-0.39, 0.29) is 12.1 Å². The van der Waals surface area contributed by atoms with E-state index >= 15 is 0 Å². The summed E-state index contributed by atoms with van der Waals surface area (Å²) in [5, 5.41) is 4.14. The fourth-order valence-corrected chi connectivity index (χ4v) is 3.19. The summed E-state index contributed by atoms with van der Waals surface area (Å²) in [4.78, 5) is 0. The molecule has 1 fully saturated rings. The van der Waals surface area contributed by atoms with Gasteiger partial charge in [0.05, 0.1) is 18.8 Å². The van der Waals surface area contributed by atoms with Crippen molar-refractivity contribution >= 4 is 11.6 Å². The summed E-state index contributed by atoms with van der Waals surface area (Å²) in [5.74, 6) is 1.01. The molecule has 1 aromatic rings. The van der Waals surface area contributed by atoms with E-state index in [4.69, 9.17) is 21.1 Å². The van der Waals surface area contributed by atoms with Crippen LogP contribution in [0.15, 0.2) is 12.1 Å². The van der Waals surface area contributed by atoms with E-state index in [1.165, 1.54) is 5.56 Å². The molecule has 0 spiro atoms. The van der Waals surface area contributed by atoms with Gasteiger partial charge in [-0.15, -0.1) is 0 Å². The minimum Gasteiger partial charge on any atom is -0.493 e. The average molecular weight is 268 g/mol. The van der Waals surface area contributed by atoms with Crippen molar-refractivity contribution in [3.63, 3.8) is 0 Å². The van der Waals surface area contributed by atoms with Crippen molar-refractivity contribution < 1.29 is 9.47 Å². The van der Waals surface area contributed by atoms with Crippen molar-refractivity contribution in [2.24, 2.45) is 0 Å². The number of hydrogen-bond acceptors (Lipinski definition) is 3. The van der Waals surface area contributed by atoms with Gasteiger partial charge in [0.2, 0.25) is 0 Å². The van der Waals surface area contributed by atoms with Gasteiger partial charge in [0.25, 0.3) is 0 Å². The molecule has 0 bridgehead atoms. The lowest BCUT2D eigenvalue weighted by Crippen LogP contribution is -2.29. The van der Waals surface area contributed by atoms with Crippen molar-refractivity contribution in [2.75, 3.05) is 20.3 Å². The Morgan fingerprint density at radius 1 is 1.39 bits per heavy atom. The van der Waals surface area contributed by atoms with E-state index in [9.17, 15) is 0 Å². The lowest BCUT2D eigenvalue weighted by Gasteiger charge is -2.24. The Hall–Kier alpha value is -0.770. The van der Waals surface area contributed by atoms with Gasteiger partial charge in [0, 0.05) is 23.6 Å². The first-order valence-corrected chi connectivity index (χ1v) is 6.91. The predicted octanol–water partition coefficient (Wildman–Crippen LogP) is 2.71. The number of likely N-dealkylation sites (N-methyl/N-ethyl adjacent to an activating group) is 1. The summed E-state index contributed by atoms with van der Waals surface area (Å²) < 4.78 is 11.6. The zero-order valence-electron chi connectivity index (χ0n) is 10.5. The third kappa shape index (κ3) is 2.11. The van der Waals surface area contributed by atoms with Crippen LogP contribution in [0.5, 0.6) is 5.75 Å². The molecule has 0 saturated carbocycles. The predicted molar refractivity (Wildman–Crippen MR) is 71.4 cm³/mol. The zero-order valence-corrected chi connectivity index (χ0v) is 11.3. The first-order valence-electron chi connectivity index (χ1n) is 6.53. The molecule has 3 nitrogen and oxygen atoms in total. The Bertz CT molecular complexity index is 444. The second-order valence-corrected chi connectivity index (χ2v) is 5.34. The smallest absolute Gasteiger partial charge is 0.127 e. The monoisotopic (exact) mass is 267 g/mol. The van der Waals surface area contributed by atoms with E-state index < -0.39 is 0 Å². The van der Waals surface area contributed by atoms with Gasteiger partial charge in [-0.05, 0) is 37.6 Å². The molecule has 3 rings (SSSR count). The molecule has 18 heavy (non-hydrogen) atoms. The number of benzene rings is 1. The molecule has 0 aliphatic carbocycles. The minimum absolute atomic E-state index is 0.165. The molecule has 2 heterocycles. The van der Waals surface area contributed by atoms with Gasteiger partial charge in [0.15, 0.2) is 0 Å². The lowest BCUT2D eigenvalue weighted by molar-refractivity contribution is 0.0799. The molecule has 1 saturated heterocycles. The second kappa shape index (κ2) is 5.08. The van der Waals surface area contributed by atoms with Crippen LogP contribution in [0.25, 0.3) is 0 Å². The van der Waals surface area contributed by atoms with E-state index in [0.717, 1.165) is 48.8 Å². The Morgan fingerprint density at radius 3 is 3.00 bits per heavy atom. The summed E-state index contributed by atoms with van der Waals surface area (Å²) in [5.41, 5.74) is 2.36. The maximum Gasteiger partial charge on any atom is 0.127 e. The van der Waals surface area contributed by atoms with Crippen LogP contribution < -0.4 is 10.1 Å². The summed E-state index contributed by atoms with van der Waals surface area (Å²) in [6, 6.07) is 4.18. The number of fused-ring (bicyclic) bond motifs is 1. The van der Waals surface area contributed by atoms with Crippen LogP contribution in [0.1, 0.15) is 30.0 Å². The Labute approximate surface area is 112 Å². The highest BCUT2D eigenvalue weighted by molar-refractivity contribution is 6.30. The molecule has 0 amide bonds. The molecule has 2 aliphatic heterocycles. The molecule has 2 aliphatic rings. The Balaban J connectivity index is 1.98. The molecule has 98 valence electrons. The SMILES string of the molecule is CNC(c1cc(Cl)cc2c1OCC2)C1CCCO1. The van der Waals surface area contributed by atoms with Crippen molar-refractivity contribution in [2.45, 2.75) is 31.4 Å². The first kappa shape index (κ1) is 12.3. The Kier molecular flexibility index (Phi) is 3.46. The van der Waals surface area contributed by atoms with Crippen LogP contribution in [0.2, 0.25) is 5.02 Å². The third-order valence-corrected chi connectivity index (χ3v) is 3.98. The number of ether oxygens (including phenoxy) is 2. The van der Waals surface area contributed by atoms with Crippen molar-refractivity contribution in [3.8, 4) is 5.75 Å². The van der Waals surface area contributed by atoms with Crippen LogP contribution in [-0.2, 0) is 11.2 Å². The van der Waals surface area contributed by atoms with Gasteiger partial charge in [-0.1, -0.05) is 11.6 Å². The van der Waals surface area contributed by atoms with Crippen LogP contribution in [0.3, 0.4) is 0 Å². The average Bonchev–Trinajstić information content (AvgIpc) is 2.99. The van der Waals surface area contributed by atoms with E-state index in [1.54, 1.807) is 0 Å². The molecule has 1 N–H and O–H groups in total.